The summed E-state index contributed by atoms with van der Waals surface area (Å²) in [5.74, 6) is 0. The fourth-order valence-electron chi connectivity index (χ4n) is 1.28. The number of pyridine rings is 1. The van der Waals surface area contributed by atoms with Gasteiger partial charge in [-0.25, -0.2) is 0 Å². The Morgan fingerprint density at radius 3 is 2.21 bits per heavy atom. The topological polar surface area (TPSA) is 15.9 Å². The summed E-state index contributed by atoms with van der Waals surface area (Å²) in [6, 6.07) is 16.3. The van der Waals surface area contributed by atoms with E-state index in [-0.39, 0.29) is 0 Å². The van der Waals surface area contributed by atoms with Gasteiger partial charge in [-0.1, -0.05) is 41.1 Å². The lowest BCUT2D eigenvalue weighted by Crippen LogP contribution is -2.43. The maximum atomic E-state index is 3.28. The van der Waals surface area contributed by atoms with E-state index in [2.05, 4.69) is 17.6 Å². The van der Waals surface area contributed by atoms with E-state index in [1.807, 2.05) is 53.5 Å². The van der Waals surface area contributed by atoms with Gasteiger partial charge in [0.25, 0.3) is 0 Å². The molecule has 0 bridgehead atoms. The van der Waals surface area contributed by atoms with Gasteiger partial charge in [-0.3, -0.25) is 0 Å². The molecule has 0 saturated heterocycles. The molecule has 0 aliphatic rings. The maximum Gasteiger partial charge on any atom is 0.199 e. The second kappa shape index (κ2) is 4.42. The first-order chi connectivity index (χ1) is 6.95. The molecule has 0 aliphatic heterocycles. The summed E-state index contributed by atoms with van der Waals surface area (Å²) in [4.78, 5) is 0. The fourth-order valence-corrected chi connectivity index (χ4v) is 1.28. The molecule has 0 fully saturated rings. The Morgan fingerprint density at radius 1 is 0.857 bits per heavy atom. The SMILES string of the molecule is c1ccc(CN[n+]2ccccc2)cc1. The Balaban J connectivity index is 1.96. The highest BCUT2D eigenvalue weighted by atomic mass is 15.4. The molecule has 1 aromatic carbocycles. The molecule has 2 nitrogen and oxygen atoms in total. The second-order valence-corrected chi connectivity index (χ2v) is 3.10. The van der Waals surface area contributed by atoms with Crippen LogP contribution in [0.4, 0.5) is 0 Å². The molecule has 2 aromatic rings. The van der Waals surface area contributed by atoms with Crippen LogP contribution >= 0.6 is 0 Å². The lowest BCUT2D eigenvalue weighted by molar-refractivity contribution is -0.651. The second-order valence-electron chi connectivity index (χ2n) is 3.10. The summed E-state index contributed by atoms with van der Waals surface area (Å²) in [7, 11) is 0. The van der Waals surface area contributed by atoms with Gasteiger partial charge < -0.3 is 0 Å². The van der Waals surface area contributed by atoms with Crippen LogP contribution in [0.25, 0.3) is 0 Å². The minimum absolute atomic E-state index is 0.843. The van der Waals surface area contributed by atoms with Crippen LogP contribution in [0.15, 0.2) is 60.9 Å². The number of nitrogens with zero attached hydrogens (tertiary/aromatic N) is 1. The van der Waals surface area contributed by atoms with E-state index in [0.29, 0.717) is 0 Å². The van der Waals surface area contributed by atoms with E-state index in [1.165, 1.54) is 5.56 Å². The Labute approximate surface area is 83.8 Å². The van der Waals surface area contributed by atoms with Crippen LogP contribution in [-0.2, 0) is 6.54 Å². The molecule has 1 aromatic heterocycles. The van der Waals surface area contributed by atoms with Gasteiger partial charge in [-0.15, -0.1) is 0 Å². The van der Waals surface area contributed by atoms with E-state index >= 15 is 0 Å². The lowest BCUT2D eigenvalue weighted by atomic mass is 10.2. The number of aromatic nitrogens is 1. The van der Waals surface area contributed by atoms with Crippen LogP contribution in [0, 0.1) is 0 Å². The average Bonchev–Trinajstić information content (AvgIpc) is 2.29. The quantitative estimate of drug-likeness (QED) is 0.720. The first-order valence-corrected chi connectivity index (χ1v) is 4.69. The molecule has 1 N–H and O–H groups in total. The molecule has 14 heavy (non-hydrogen) atoms. The summed E-state index contributed by atoms with van der Waals surface area (Å²) >= 11 is 0. The van der Waals surface area contributed by atoms with Crippen LogP contribution in [0.2, 0.25) is 0 Å². The van der Waals surface area contributed by atoms with Gasteiger partial charge >= 0.3 is 0 Å². The number of hydrogen-bond acceptors (Lipinski definition) is 1. The number of hydrogen-bond donors (Lipinski definition) is 1. The third-order valence-corrected chi connectivity index (χ3v) is 2.02. The van der Waals surface area contributed by atoms with E-state index in [4.69, 9.17) is 0 Å². The van der Waals surface area contributed by atoms with Crippen molar-refractivity contribution in [1.82, 2.24) is 0 Å². The molecule has 0 unspecified atom stereocenters. The van der Waals surface area contributed by atoms with Gasteiger partial charge in [0.2, 0.25) is 0 Å². The molecular formula is C12H13N2+. The van der Waals surface area contributed by atoms with E-state index < -0.39 is 0 Å². The smallest absolute Gasteiger partial charge is 0.189 e. The van der Waals surface area contributed by atoms with Gasteiger partial charge in [-0.2, -0.15) is 5.43 Å². The van der Waals surface area contributed by atoms with Crippen molar-refractivity contribution in [3.05, 3.63) is 66.5 Å². The van der Waals surface area contributed by atoms with Gasteiger partial charge in [-0.05, 0) is 5.56 Å². The lowest BCUT2D eigenvalue weighted by Gasteiger charge is -1.99. The van der Waals surface area contributed by atoms with Crippen LogP contribution in [0.5, 0.6) is 0 Å². The van der Waals surface area contributed by atoms with Crippen molar-refractivity contribution in [2.24, 2.45) is 0 Å². The van der Waals surface area contributed by atoms with Crippen molar-refractivity contribution < 1.29 is 4.68 Å². The Kier molecular flexibility index (Phi) is 2.76. The first kappa shape index (κ1) is 8.75. The van der Waals surface area contributed by atoms with Crippen molar-refractivity contribution in [2.75, 3.05) is 5.43 Å². The highest BCUT2D eigenvalue weighted by molar-refractivity contribution is 5.14. The highest BCUT2D eigenvalue weighted by Crippen LogP contribution is 1.96. The van der Waals surface area contributed by atoms with Gasteiger partial charge in [0.1, 0.15) is 0 Å². The zero-order valence-corrected chi connectivity index (χ0v) is 7.93. The number of nitrogens with one attached hydrogen (secondary N) is 1. The van der Waals surface area contributed by atoms with Crippen molar-refractivity contribution in [3.63, 3.8) is 0 Å². The molecule has 0 spiro atoms. The summed E-state index contributed by atoms with van der Waals surface area (Å²) in [6.07, 6.45) is 3.98. The van der Waals surface area contributed by atoms with Crippen LogP contribution < -0.4 is 10.1 Å². The molecule has 70 valence electrons. The van der Waals surface area contributed by atoms with E-state index in [0.717, 1.165) is 6.54 Å². The maximum absolute atomic E-state index is 3.28. The molecule has 0 radical (unpaired) electrons. The molecule has 0 atom stereocenters. The Morgan fingerprint density at radius 2 is 1.50 bits per heavy atom. The molecule has 1 heterocycles. The predicted molar refractivity (Wildman–Crippen MR) is 56.1 cm³/mol. The van der Waals surface area contributed by atoms with Crippen LogP contribution in [0.1, 0.15) is 5.56 Å². The zero-order valence-electron chi connectivity index (χ0n) is 7.93. The Hall–Kier alpha value is -1.83. The third-order valence-electron chi connectivity index (χ3n) is 2.02. The molecule has 0 saturated carbocycles. The summed E-state index contributed by atoms with van der Waals surface area (Å²) in [6.45, 7) is 0.843. The summed E-state index contributed by atoms with van der Waals surface area (Å²) in [5.41, 5.74) is 4.56. The van der Waals surface area contributed by atoms with Gasteiger partial charge in [0.15, 0.2) is 12.4 Å². The fraction of sp³-hybridized carbons (Fsp3) is 0.0833. The number of benzene rings is 1. The Bertz CT molecular complexity index is 331. The average molecular weight is 185 g/mol. The highest BCUT2D eigenvalue weighted by Gasteiger charge is 1.95. The van der Waals surface area contributed by atoms with Crippen molar-refractivity contribution in [2.45, 2.75) is 6.54 Å². The van der Waals surface area contributed by atoms with E-state index in [9.17, 15) is 0 Å². The van der Waals surface area contributed by atoms with Gasteiger partial charge in [0.05, 0.1) is 6.54 Å². The normalized spacial score (nSPS) is 9.71. The summed E-state index contributed by atoms with van der Waals surface area (Å²) < 4.78 is 1.95. The zero-order chi connectivity index (χ0) is 9.64. The third kappa shape index (κ3) is 2.33. The summed E-state index contributed by atoms with van der Waals surface area (Å²) in [5, 5.41) is 0. The molecule has 0 amide bonds. The number of rotatable bonds is 3. The van der Waals surface area contributed by atoms with Gasteiger partial charge in [0, 0.05) is 12.1 Å². The minimum Gasteiger partial charge on any atom is -0.189 e. The van der Waals surface area contributed by atoms with Crippen molar-refractivity contribution in [3.8, 4) is 0 Å². The first-order valence-electron chi connectivity index (χ1n) is 4.69. The minimum atomic E-state index is 0.843. The van der Waals surface area contributed by atoms with Crippen LogP contribution in [-0.4, -0.2) is 0 Å². The van der Waals surface area contributed by atoms with Crippen LogP contribution in [0.3, 0.4) is 0 Å². The van der Waals surface area contributed by atoms with Crippen molar-refractivity contribution in [1.29, 1.82) is 0 Å². The monoisotopic (exact) mass is 185 g/mol. The standard InChI is InChI=1S/C12H13N2/c1-3-7-12(8-4-1)11-13-14-9-5-2-6-10-14/h1-10,13H,11H2/q+1. The molecule has 2 rings (SSSR count). The predicted octanol–water partition coefficient (Wildman–Crippen LogP) is 1.72. The largest absolute Gasteiger partial charge is 0.199 e. The molecular weight excluding hydrogens is 172 g/mol. The molecule has 2 heteroatoms. The van der Waals surface area contributed by atoms with E-state index in [1.54, 1.807) is 0 Å². The van der Waals surface area contributed by atoms with Crippen molar-refractivity contribution >= 4 is 0 Å². The molecule has 0 aliphatic carbocycles.